The van der Waals surface area contributed by atoms with E-state index in [-0.39, 0.29) is 11.6 Å². The molecule has 0 atom stereocenters. The maximum absolute atomic E-state index is 13.7. The van der Waals surface area contributed by atoms with Crippen LogP contribution in [-0.2, 0) is 0 Å². The molecule has 0 aliphatic rings. The molecule has 17 heavy (non-hydrogen) atoms. The summed E-state index contributed by atoms with van der Waals surface area (Å²) in [6.07, 6.45) is 0. The highest BCUT2D eigenvalue weighted by molar-refractivity contribution is 8.01. The van der Waals surface area contributed by atoms with Crippen LogP contribution >= 0.6 is 23.1 Å². The largest absolute Gasteiger partial charge is 0.294 e. The Balaban J connectivity index is 2.40. The van der Waals surface area contributed by atoms with Crippen molar-refractivity contribution in [3.8, 4) is 0 Å². The molecule has 1 heterocycles. The molecule has 2 aromatic rings. The molecule has 0 aliphatic heterocycles. The highest BCUT2D eigenvalue weighted by Crippen LogP contribution is 2.34. The van der Waals surface area contributed by atoms with E-state index in [1.807, 2.05) is 12.3 Å². The van der Waals surface area contributed by atoms with Gasteiger partial charge in [-0.3, -0.25) is 4.79 Å². The number of benzene rings is 1. The Morgan fingerprint density at radius 3 is 2.82 bits per heavy atom. The van der Waals surface area contributed by atoms with Gasteiger partial charge in [-0.25, -0.2) is 9.37 Å². The van der Waals surface area contributed by atoms with Crippen LogP contribution in [0.15, 0.2) is 32.8 Å². The standard InChI is InChI=1S/C12H10FNOS2/c1-7-6-16-12(14-7)17-11-9(8(2)15)4-3-5-10(11)13/h3-6H,1-2H3. The Labute approximate surface area is 107 Å². The third kappa shape index (κ3) is 2.73. The fraction of sp³-hybridized carbons (Fsp3) is 0.167. The van der Waals surface area contributed by atoms with Crippen LogP contribution in [0.25, 0.3) is 0 Å². The van der Waals surface area contributed by atoms with E-state index in [0.717, 1.165) is 10.0 Å². The van der Waals surface area contributed by atoms with Crippen LogP contribution in [0.5, 0.6) is 0 Å². The summed E-state index contributed by atoms with van der Waals surface area (Å²) < 4.78 is 14.5. The number of hydrogen-bond donors (Lipinski definition) is 0. The first-order valence-corrected chi connectivity index (χ1v) is 6.67. The van der Waals surface area contributed by atoms with Crippen molar-refractivity contribution in [1.29, 1.82) is 0 Å². The normalized spacial score (nSPS) is 10.5. The number of nitrogens with zero attached hydrogens (tertiary/aromatic N) is 1. The molecule has 2 rings (SSSR count). The summed E-state index contributed by atoms with van der Waals surface area (Å²) in [5, 5.41) is 1.90. The van der Waals surface area contributed by atoms with E-state index in [9.17, 15) is 9.18 Å². The summed E-state index contributed by atoms with van der Waals surface area (Å²) in [5.41, 5.74) is 1.31. The van der Waals surface area contributed by atoms with Crippen molar-refractivity contribution >= 4 is 28.9 Å². The van der Waals surface area contributed by atoms with Gasteiger partial charge >= 0.3 is 0 Å². The van der Waals surface area contributed by atoms with E-state index in [1.165, 1.54) is 36.1 Å². The fourth-order valence-corrected chi connectivity index (χ4v) is 3.32. The average Bonchev–Trinajstić information content (AvgIpc) is 2.67. The molecule has 0 saturated carbocycles. The SMILES string of the molecule is CC(=O)c1cccc(F)c1Sc1nc(C)cs1. The van der Waals surface area contributed by atoms with Crippen molar-refractivity contribution in [3.63, 3.8) is 0 Å². The second-order valence-electron chi connectivity index (χ2n) is 3.53. The summed E-state index contributed by atoms with van der Waals surface area (Å²) >= 11 is 2.65. The van der Waals surface area contributed by atoms with Crippen molar-refractivity contribution < 1.29 is 9.18 Å². The maximum Gasteiger partial charge on any atom is 0.161 e. The molecule has 2 nitrogen and oxygen atoms in total. The van der Waals surface area contributed by atoms with Gasteiger partial charge in [0.15, 0.2) is 10.1 Å². The third-order valence-corrected chi connectivity index (χ3v) is 4.31. The summed E-state index contributed by atoms with van der Waals surface area (Å²) in [6, 6.07) is 4.53. The van der Waals surface area contributed by atoms with Crippen molar-refractivity contribution in [1.82, 2.24) is 4.98 Å². The minimum Gasteiger partial charge on any atom is -0.294 e. The van der Waals surface area contributed by atoms with Crippen LogP contribution in [0.1, 0.15) is 23.0 Å². The van der Waals surface area contributed by atoms with Gasteiger partial charge in [0, 0.05) is 16.6 Å². The number of aryl methyl sites for hydroxylation is 1. The number of ketones is 1. The van der Waals surface area contributed by atoms with Gasteiger partial charge in [0.1, 0.15) is 5.82 Å². The molecular weight excluding hydrogens is 257 g/mol. The molecule has 5 heteroatoms. The van der Waals surface area contributed by atoms with Gasteiger partial charge in [-0.2, -0.15) is 0 Å². The van der Waals surface area contributed by atoms with Crippen LogP contribution in [0.3, 0.4) is 0 Å². The Morgan fingerprint density at radius 2 is 2.24 bits per heavy atom. The van der Waals surface area contributed by atoms with E-state index >= 15 is 0 Å². The molecule has 1 aromatic carbocycles. The zero-order valence-corrected chi connectivity index (χ0v) is 11.0. The average molecular weight is 267 g/mol. The van der Waals surface area contributed by atoms with Crippen molar-refractivity contribution in [2.75, 3.05) is 0 Å². The molecule has 0 aliphatic carbocycles. The Kier molecular flexibility index (Phi) is 3.59. The van der Waals surface area contributed by atoms with Gasteiger partial charge in [0.25, 0.3) is 0 Å². The first-order chi connectivity index (χ1) is 8.08. The van der Waals surface area contributed by atoms with E-state index < -0.39 is 0 Å². The molecule has 88 valence electrons. The quantitative estimate of drug-likeness (QED) is 0.789. The number of hydrogen-bond acceptors (Lipinski definition) is 4. The third-order valence-electron chi connectivity index (χ3n) is 2.13. The van der Waals surface area contributed by atoms with Gasteiger partial charge in [-0.15, -0.1) is 11.3 Å². The highest BCUT2D eigenvalue weighted by atomic mass is 32.2. The summed E-state index contributed by atoms with van der Waals surface area (Å²) in [5.74, 6) is -0.518. The highest BCUT2D eigenvalue weighted by Gasteiger charge is 2.14. The molecule has 0 saturated heterocycles. The first-order valence-electron chi connectivity index (χ1n) is 4.97. The lowest BCUT2D eigenvalue weighted by Gasteiger charge is -2.05. The van der Waals surface area contributed by atoms with Gasteiger partial charge in [0.2, 0.25) is 0 Å². The number of rotatable bonds is 3. The Morgan fingerprint density at radius 1 is 1.47 bits per heavy atom. The van der Waals surface area contributed by atoms with Gasteiger partial charge in [-0.05, 0) is 19.9 Å². The topological polar surface area (TPSA) is 30.0 Å². The second kappa shape index (κ2) is 4.98. The number of halogens is 1. The summed E-state index contributed by atoms with van der Waals surface area (Å²) in [7, 11) is 0. The lowest BCUT2D eigenvalue weighted by atomic mass is 10.1. The number of carbonyl (C=O) groups is 1. The van der Waals surface area contributed by atoms with E-state index in [0.29, 0.717) is 10.5 Å². The zero-order chi connectivity index (χ0) is 12.4. The number of thiazole rings is 1. The van der Waals surface area contributed by atoms with Gasteiger partial charge < -0.3 is 0 Å². The lowest BCUT2D eigenvalue weighted by molar-refractivity contribution is 0.101. The van der Waals surface area contributed by atoms with Crippen molar-refractivity contribution in [2.45, 2.75) is 23.1 Å². The van der Waals surface area contributed by atoms with Gasteiger partial charge in [0.05, 0.1) is 4.90 Å². The molecule has 0 N–H and O–H groups in total. The van der Waals surface area contributed by atoms with Crippen LogP contribution in [-0.4, -0.2) is 10.8 Å². The van der Waals surface area contributed by atoms with Crippen LogP contribution in [0, 0.1) is 12.7 Å². The number of aromatic nitrogens is 1. The Bertz CT molecular complexity index is 565. The number of carbonyl (C=O) groups excluding carboxylic acids is 1. The molecule has 0 spiro atoms. The van der Waals surface area contributed by atoms with Crippen molar-refractivity contribution in [3.05, 3.63) is 40.7 Å². The predicted octanol–water partition coefficient (Wildman–Crippen LogP) is 3.94. The van der Waals surface area contributed by atoms with Gasteiger partial charge in [-0.1, -0.05) is 23.9 Å². The second-order valence-corrected chi connectivity index (χ2v) is 5.65. The molecule has 0 bridgehead atoms. The maximum atomic E-state index is 13.7. The van der Waals surface area contributed by atoms with E-state index in [4.69, 9.17) is 0 Å². The van der Waals surface area contributed by atoms with E-state index in [1.54, 1.807) is 12.1 Å². The van der Waals surface area contributed by atoms with Crippen LogP contribution in [0.2, 0.25) is 0 Å². The monoisotopic (exact) mass is 267 g/mol. The molecule has 0 fully saturated rings. The smallest absolute Gasteiger partial charge is 0.161 e. The van der Waals surface area contributed by atoms with Crippen LogP contribution < -0.4 is 0 Å². The number of Topliss-reactive ketones (excluding diaryl/α,β-unsaturated/α-hetero) is 1. The summed E-state index contributed by atoms with van der Waals surface area (Å²) in [4.78, 5) is 16.0. The van der Waals surface area contributed by atoms with Crippen LogP contribution in [0.4, 0.5) is 4.39 Å². The minimum atomic E-state index is -0.379. The predicted molar refractivity (Wildman–Crippen MR) is 67.4 cm³/mol. The van der Waals surface area contributed by atoms with E-state index in [2.05, 4.69) is 4.98 Å². The lowest BCUT2D eigenvalue weighted by Crippen LogP contribution is -1.97. The Hall–Kier alpha value is -1.20. The van der Waals surface area contributed by atoms with Crippen molar-refractivity contribution in [2.24, 2.45) is 0 Å². The molecule has 0 unspecified atom stereocenters. The molecule has 0 amide bonds. The summed E-state index contributed by atoms with van der Waals surface area (Å²) in [6.45, 7) is 3.32. The molecule has 0 radical (unpaired) electrons. The molecular formula is C12H10FNOS2. The molecule has 1 aromatic heterocycles. The minimum absolute atomic E-state index is 0.139. The first kappa shape index (κ1) is 12.3. The zero-order valence-electron chi connectivity index (χ0n) is 9.36. The fourth-order valence-electron chi connectivity index (χ4n) is 1.36.